The Morgan fingerprint density at radius 2 is 2.40 bits per heavy atom. The summed E-state index contributed by atoms with van der Waals surface area (Å²) < 4.78 is 0. The first-order chi connectivity index (χ1) is 4.85. The van der Waals surface area contributed by atoms with E-state index in [1.54, 1.807) is 0 Å². The fourth-order valence-corrected chi connectivity index (χ4v) is 1.84. The highest BCUT2D eigenvalue weighted by Gasteiger charge is 2.47. The number of hydrogen-bond acceptors (Lipinski definition) is 2. The molecule has 0 bridgehead atoms. The maximum atomic E-state index is 8.43. The van der Waals surface area contributed by atoms with E-state index >= 15 is 0 Å². The van der Waals surface area contributed by atoms with Crippen molar-refractivity contribution < 1.29 is 0 Å². The molecule has 0 aromatic rings. The van der Waals surface area contributed by atoms with Gasteiger partial charge in [0, 0.05) is 12.6 Å². The number of rotatable bonds is 1. The molecule has 54 valence electrons. The zero-order valence-corrected chi connectivity index (χ0v) is 6.06. The van der Waals surface area contributed by atoms with Gasteiger partial charge in [0.05, 0.1) is 12.5 Å². The first kappa shape index (κ1) is 6.18. The third kappa shape index (κ3) is 0.911. The molecular formula is C8H12N2. The SMILES string of the molecule is N#CCC1CC2(CC2)CN1. The molecule has 2 nitrogen and oxygen atoms in total. The summed E-state index contributed by atoms with van der Waals surface area (Å²) in [5, 5.41) is 11.8. The van der Waals surface area contributed by atoms with Crippen LogP contribution in [0.5, 0.6) is 0 Å². The summed E-state index contributed by atoms with van der Waals surface area (Å²) in [5.41, 5.74) is 0.654. The molecule has 1 saturated carbocycles. The van der Waals surface area contributed by atoms with Crippen LogP contribution in [0.15, 0.2) is 0 Å². The van der Waals surface area contributed by atoms with Crippen LogP contribution in [0.2, 0.25) is 0 Å². The van der Waals surface area contributed by atoms with Crippen molar-refractivity contribution in [3.8, 4) is 6.07 Å². The molecule has 1 heterocycles. The predicted molar refractivity (Wildman–Crippen MR) is 38.3 cm³/mol. The van der Waals surface area contributed by atoms with E-state index in [9.17, 15) is 0 Å². The third-order valence-electron chi connectivity index (χ3n) is 2.74. The first-order valence-corrected chi connectivity index (χ1v) is 3.95. The van der Waals surface area contributed by atoms with Crippen molar-refractivity contribution in [2.75, 3.05) is 6.54 Å². The maximum Gasteiger partial charge on any atom is 0.0638 e. The van der Waals surface area contributed by atoms with Crippen LogP contribution in [0.1, 0.15) is 25.7 Å². The molecule has 2 fully saturated rings. The summed E-state index contributed by atoms with van der Waals surface area (Å²) in [6.45, 7) is 1.17. The van der Waals surface area contributed by atoms with Gasteiger partial charge >= 0.3 is 0 Å². The second-order valence-electron chi connectivity index (χ2n) is 3.64. The molecule has 10 heavy (non-hydrogen) atoms. The Morgan fingerprint density at radius 1 is 1.60 bits per heavy atom. The third-order valence-corrected chi connectivity index (χ3v) is 2.74. The lowest BCUT2D eigenvalue weighted by atomic mass is 10.0. The van der Waals surface area contributed by atoms with Crippen LogP contribution in [0, 0.1) is 16.7 Å². The number of nitrogens with zero attached hydrogens (tertiary/aromatic N) is 1. The molecule has 1 unspecified atom stereocenters. The quantitative estimate of drug-likeness (QED) is 0.584. The smallest absolute Gasteiger partial charge is 0.0638 e. The van der Waals surface area contributed by atoms with Gasteiger partial charge in [-0.15, -0.1) is 0 Å². The maximum absolute atomic E-state index is 8.43. The molecule has 0 amide bonds. The van der Waals surface area contributed by atoms with Gasteiger partial charge in [0.2, 0.25) is 0 Å². The summed E-state index contributed by atoms with van der Waals surface area (Å²) in [5.74, 6) is 0. The molecular weight excluding hydrogens is 124 g/mol. The van der Waals surface area contributed by atoms with Crippen molar-refractivity contribution in [1.29, 1.82) is 5.26 Å². The summed E-state index contributed by atoms with van der Waals surface area (Å²) in [6, 6.07) is 2.72. The predicted octanol–water partition coefficient (Wildman–Crippen LogP) is 1.04. The average molecular weight is 136 g/mol. The molecule has 2 aliphatic rings. The summed E-state index contributed by atoms with van der Waals surface area (Å²) in [6.07, 6.45) is 4.73. The lowest BCUT2D eigenvalue weighted by molar-refractivity contribution is 0.546. The van der Waals surface area contributed by atoms with Crippen molar-refractivity contribution in [1.82, 2.24) is 5.32 Å². The van der Waals surface area contributed by atoms with Gasteiger partial charge in [-0.25, -0.2) is 0 Å². The fraction of sp³-hybridized carbons (Fsp3) is 0.875. The van der Waals surface area contributed by atoms with Crippen LogP contribution in [-0.2, 0) is 0 Å². The van der Waals surface area contributed by atoms with Crippen LogP contribution in [0.3, 0.4) is 0 Å². The number of nitriles is 1. The normalized spacial score (nSPS) is 34.1. The molecule has 1 aliphatic carbocycles. The zero-order valence-electron chi connectivity index (χ0n) is 6.06. The van der Waals surface area contributed by atoms with E-state index in [4.69, 9.17) is 5.26 Å². The van der Waals surface area contributed by atoms with Crippen molar-refractivity contribution in [2.45, 2.75) is 31.7 Å². The Balaban J connectivity index is 1.89. The minimum atomic E-state index is 0.507. The average Bonchev–Trinajstić information content (AvgIpc) is 2.52. The number of hydrogen-bond donors (Lipinski definition) is 1. The Morgan fingerprint density at radius 3 is 2.90 bits per heavy atom. The van der Waals surface area contributed by atoms with E-state index in [0.29, 0.717) is 17.9 Å². The van der Waals surface area contributed by atoms with Crippen molar-refractivity contribution in [3.63, 3.8) is 0 Å². The highest BCUT2D eigenvalue weighted by molar-refractivity contribution is 5.04. The standard InChI is InChI=1S/C8H12N2/c9-4-1-7-5-8(2-3-8)6-10-7/h7,10H,1-3,5-6H2. The van der Waals surface area contributed by atoms with Crippen LogP contribution in [-0.4, -0.2) is 12.6 Å². The van der Waals surface area contributed by atoms with Gasteiger partial charge in [-0.3, -0.25) is 0 Å². The van der Waals surface area contributed by atoms with Crippen LogP contribution < -0.4 is 5.32 Å². The largest absolute Gasteiger partial charge is 0.312 e. The van der Waals surface area contributed by atoms with E-state index in [-0.39, 0.29) is 0 Å². The molecule has 1 aliphatic heterocycles. The van der Waals surface area contributed by atoms with E-state index in [0.717, 1.165) is 0 Å². The molecule has 2 rings (SSSR count). The van der Waals surface area contributed by atoms with Gasteiger partial charge in [0.15, 0.2) is 0 Å². The molecule has 0 aromatic carbocycles. The van der Waals surface area contributed by atoms with E-state index in [2.05, 4.69) is 11.4 Å². The van der Waals surface area contributed by atoms with Gasteiger partial charge < -0.3 is 5.32 Å². The zero-order chi connectivity index (χ0) is 7.03. The Hall–Kier alpha value is -0.550. The molecule has 1 atom stereocenters. The second-order valence-corrected chi connectivity index (χ2v) is 3.64. The molecule has 1 N–H and O–H groups in total. The van der Waals surface area contributed by atoms with Crippen molar-refractivity contribution >= 4 is 0 Å². The van der Waals surface area contributed by atoms with Crippen LogP contribution >= 0.6 is 0 Å². The van der Waals surface area contributed by atoms with Gasteiger partial charge in [0.1, 0.15) is 0 Å². The van der Waals surface area contributed by atoms with E-state index in [1.807, 2.05) is 0 Å². The second kappa shape index (κ2) is 1.96. The minimum Gasteiger partial charge on any atom is -0.312 e. The lowest BCUT2D eigenvalue weighted by Gasteiger charge is -2.02. The minimum absolute atomic E-state index is 0.507. The Labute approximate surface area is 61.2 Å². The number of nitrogens with one attached hydrogen (secondary N) is 1. The highest BCUT2D eigenvalue weighted by atomic mass is 15.0. The van der Waals surface area contributed by atoms with Gasteiger partial charge in [-0.2, -0.15) is 5.26 Å². The highest BCUT2D eigenvalue weighted by Crippen LogP contribution is 2.52. The molecule has 1 saturated heterocycles. The summed E-state index contributed by atoms with van der Waals surface area (Å²) in [4.78, 5) is 0. The van der Waals surface area contributed by atoms with E-state index in [1.165, 1.54) is 25.8 Å². The Bertz CT molecular complexity index is 176. The van der Waals surface area contributed by atoms with Gasteiger partial charge in [-0.05, 0) is 24.7 Å². The lowest BCUT2D eigenvalue weighted by Crippen LogP contribution is -2.20. The van der Waals surface area contributed by atoms with Crippen molar-refractivity contribution in [2.24, 2.45) is 5.41 Å². The monoisotopic (exact) mass is 136 g/mol. The molecule has 1 spiro atoms. The van der Waals surface area contributed by atoms with E-state index < -0.39 is 0 Å². The Kier molecular flexibility index (Phi) is 1.21. The van der Waals surface area contributed by atoms with Gasteiger partial charge in [0.25, 0.3) is 0 Å². The molecule has 0 radical (unpaired) electrons. The molecule has 0 aromatic heterocycles. The summed E-state index contributed by atoms with van der Waals surface area (Å²) in [7, 11) is 0. The van der Waals surface area contributed by atoms with Crippen molar-refractivity contribution in [3.05, 3.63) is 0 Å². The van der Waals surface area contributed by atoms with Gasteiger partial charge in [-0.1, -0.05) is 0 Å². The van der Waals surface area contributed by atoms with Crippen LogP contribution in [0.25, 0.3) is 0 Å². The topological polar surface area (TPSA) is 35.8 Å². The summed E-state index contributed by atoms with van der Waals surface area (Å²) >= 11 is 0. The first-order valence-electron chi connectivity index (χ1n) is 3.95. The fourth-order valence-electron chi connectivity index (χ4n) is 1.84. The molecule has 2 heteroatoms. The van der Waals surface area contributed by atoms with Crippen LogP contribution in [0.4, 0.5) is 0 Å².